The molecule has 0 fully saturated rings. The first-order chi connectivity index (χ1) is 11.1. The van der Waals surface area contributed by atoms with Crippen LogP contribution in [-0.2, 0) is 13.0 Å². The van der Waals surface area contributed by atoms with Crippen molar-refractivity contribution in [2.24, 2.45) is 0 Å². The van der Waals surface area contributed by atoms with E-state index >= 15 is 0 Å². The third-order valence-electron chi connectivity index (χ3n) is 3.71. The van der Waals surface area contributed by atoms with E-state index in [1.165, 1.54) is 17.4 Å². The molecule has 0 saturated heterocycles. The largest absolute Gasteiger partial charge is 0.469 e. The van der Waals surface area contributed by atoms with Crippen molar-refractivity contribution in [1.29, 1.82) is 0 Å². The summed E-state index contributed by atoms with van der Waals surface area (Å²) in [6.07, 6.45) is 1.85. The van der Waals surface area contributed by atoms with E-state index in [1.807, 2.05) is 6.07 Å². The zero-order chi connectivity index (χ0) is 16.7. The molecule has 1 heterocycles. The molecule has 0 spiro atoms. The van der Waals surface area contributed by atoms with Crippen molar-refractivity contribution in [1.82, 2.24) is 10.6 Å². The number of rotatable bonds is 8. The Labute approximate surface area is 136 Å². The molecule has 0 saturated carbocycles. The second-order valence-corrected chi connectivity index (χ2v) is 5.56. The van der Waals surface area contributed by atoms with Crippen LogP contribution < -0.4 is 10.6 Å². The fraction of sp³-hybridized carbons (Fsp3) is 0.389. The zero-order valence-corrected chi connectivity index (χ0v) is 13.6. The minimum atomic E-state index is -0.638. The standard InChI is InChI=1S/C18H24N2O3/c1-3-14-5-4-6-15(9-14)10-19-11-16(21)12-20-18(22)17-7-8-23-13(17)2/h4-9,16,19,21H,3,10-12H2,1-2H3,(H,20,22). The number of aliphatic hydroxyl groups is 1. The fourth-order valence-electron chi connectivity index (χ4n) is 2.34. The van der Waals surface area contributed by atoms with Gasteiger partial charge in [0.15, 0.2) is 0 Å². The van der Waals surface area contributed by atoms with Gasteiger partial charge >= 0.3 is 0 Å². The highest BCUT2D eigenvalue weighted by Gasteiger charge is 2.12. The number of hydrogen-bond donors (Lipinski definition) is 3. The van der Waals surface area contributed by atoms with E-state index in [9.17, 15) is 9.90 Å². The molecule has 1 amide bonds. The Morgan fingerprint density at radius 2 is 2.04 bits per heavy atom. The summed E-state index contributed by atoms with van der Waals surface area (Å²) in [5, 5.41) is 15.8. The highest BCUT2D eigenvalue weighted by Crippen LogP contribution is 2.08. The van der Waals surface area contributed by atoms with Gasteiger partial charge in [0, 0.05) is 19.6 Å². The van der Waals surface area contributed by atoms with E-state index in [0.29, 0.717) is 24.4 Å². The quantitative estimate of drug-likeness (QED) is 0.697. The zero-order valence-electron chi connectivity index (χ0n) is 13.6. The van der Waals surface area contributed by atoms with Gasteiger partial charge in [0.1, 0.15) is 5.76 Å². The summed E-state index contributed by atoms with van der Waals surface area (Å²) >= 11 is 0. The molecule has 2 rings (SSSR count). The third-order valence-corrected chi connectivity index (χ3v) is 3.71. The molecule has 1 unspecified atom stereocenters. The van der Waals surface area contributed by atoms with E-state index in [-0.39, 0.29) is 12.5 Å². The average Bonchev–Trinajstić information content (AvgIpc) is 2.99. The molecule has 5 nitrogen and oxygen atoms in total. The molecule has 23 heavy (non-hydrogen) atoms. The van der Waals surface area contributed by atoms with Crippen molar-refractivity contribution in [2.75, 3.05) is 13.1 Å². The summed E-state index contributed by atoms with van der Waals surface area (Å²) < 4.78 is 5.09. The van der Waals surface area contributed by atoms with Crippen LogP contribution in [0.25, 0.3) is 0 Å². The van der Waals surface area contributed by atoms with Crippen LogP contribution in [0.1, 0.15) is 34.2 Å². The summed E-state index contributed by atoms with van der Waals surface area (Å²) in [5.74, 6) is 0.344. The van der Waals surface area contributed by atoms with Gasteiger partial charge in [0.2, 0.25) is 0 Å². The predicted octanol–water partition coefficient (Wildman–Crippen LogP) is 2.03. The first-order valence-corrected chi connectivity index (χ1v) is 7.89. The number of carbonyl (C=O) groups excluding carboxylic acids is 1. The molecule has 1 atom stereocenters. The molecule has 1 aromatic carbocycles. The van der Waals surface area contributed by atoms with Crippen LogP contribution in [0.5, 0.6) is 0 Å². The Kier molecular flexibility index (Phi) is 6.38. The third kappa shape index (κ3) is 5.23. The van der Waals surface area contributed by atoms with Crippen LogP contribution in [0, 0.1) is 6.92 Å². The number of nitrogens with one attached hydrogen (secondary N) is 2. The van der Waals surface area contributed by atoms with Crippen molar-refractivity contribution in [2.45, 2.75) is 32.9 Å². The number of amides is 1. The van der Waals surface area contributed by atoms with Gasteiger partial charge in [-0.1, -0.05) is 31.2 Å². The lowest BCUT2D eigenvalue weighted by atomic mass is 10.1. The molecule has 5 heteroatoms. The van der Waals surface area contributed by atoms with Gasteiger partial charge in [-0.2, -0.15) is 0 Å². The van der Waals surface area contributed by atoms with Gasteiger partial charge < -0.3 is 20.2 Å². The lowest BCUT2D eigenvalue weighted by Gasteiger charge is -2.13. The number of benzene rings is 1. The number of hydrogen-bond acceptors (Lipinski definition) is 4. The second-order valence-electron chi connectivity index (χ2n) is 5.56. The summed E-state index contributed by atoms with van der Waals surface area (Å²) in [7, 11) is 0. The minimum Gasteiger partial charge on any atom is -0.469 e. The van der Waals surface area contributed by atoms with Crippen LogP contribution >= 0.6 is 0 Å². The molecule has 0 aliphatic rings. The number of carbonyl (C=O) groups is 1. The Morgan fingerprint density at radius 1 is 1.26 bits per heavy atom. The smallest absolute Gasteiger partial charge is 0.254 e. The minimum absolute atomic E-state index is 0.200. The maximum Gasteiger partial charge on any atom is 0.254 e. The summed E-state index contributed by atoms with van der Waals surface area (Å²) in [5.41, 5.74) is 2.99. The van der Waals surface area contributed by atoms with Crippen LogP contribution in [-0.4, -0.2) is 30.2 Å². The molecule has 3 N–H and O–H groups in total. The first-order valence-electron chi connectivity index (χ1n) is 7.89. The maximum atomic E-state index is 11.9. The van der Waals surface area contributed by atoms with E-state index in [1.54, 1.807) is 13.0 Å². The van der Waals surface area contributed by atoms with Crippen LogP contribution in [0.2, 0.25) is 0 Å². The fourth-order valence-corrected chi connectivity index (χ4v) is 2.34. The Balaban J connectivity index is 1.70. The summed E-state index contributed by atoms with van der Waals surface area (Å²) in [6.45, 7) is 5.17. The lowest BCUT2D eigenvalue weighted by Crippen LogP contribution is -2.38. The molecule has 0 radical (unpaired) electrons. The molecule has 0 bridgehead atoms. The topological polar surface area (TPSA) is 74.5 Å². The summed E-state index contributed by atoms with van der Waals surface area (Å²) in [6, 6.07) is 9.98. The predicted molar refractivity (Wildman–Crippen MR) is 89.3 cm³/mol. The Hall–Kier alpha value is -2.11. The van der Waals surface area contributed by atoms with Crippen LogP contribution in [0.3, 0.4) is 0 Å². The van der Waals surface area contributed by atoms with E-state index in [4.69, 9.17) is 4.42 Å². The van der Waals surface area contributed by atoms with Gasteiger partial charge in [-0.15, -0.1) is 0 Å². The number of furan rings is 1. The Bertz CT molecular complexity index is 637. The van der Waals surface area contributed by atoms with Crippen molar-refractivity contribution >= 4 is 5.91 Å². The Morgan fingerprint density at radius 3 is 2.74 bits per heavy atom. The molecule has 1 aromatic heterocycles. The molecule has 0 aliphatic heterocycles. The molecular formula is C18H24N2O3. The van der Waals surface area contributed by atoms with Gasteiger partial charge in [-0.3, -0.25) is 4.79 Å². The SMILES string of the molecule is CCc1cccc(CNCC(O)CNC(=O)c2ccoc2C)c1. The van der Waals surface area contributed by atoms with Crippen LogP contribution in [0.15, 0.2) is 41.0 Å². The van der Waals surface area contributed by atoms with Crippen molar-refractivity contribution in [3.05, 3.63) is 59.0 Å². The number of aliphatic hydroxyl groups excluding tert-OH is 1. The monoisotopic (exact) mass is 316 g/mol. The van der Waals surface area contributed by atoms with Crippen molar-refractivity contribution in [3.63, 3.8) is 0 Å². The van der Waals surface area contributed by atoms with E-state index in [0.717, 1.165) is 6.42 Å². The van der Waals surface area contributed by atoms with Crippen LogP contribution in [0.4, 0.5) is 0 Å². The van der Waals surface area contributed by atoms with E-state index < -0.39 is 6.10 Å². The van der Waals surface area contributed by atoms with Gasteiger partial charge in [-0.25, -0.2) is 0 Å². The molecular weight excluding hydrogens is 292 g/mol. The van der Waals surface area contributed by atoms with Gasteiger partial charge in [0.05, 0.1) is 17.9 Å². The number of aryl methyl sites for hydroxylation is 2. The summed E-state index contributed by atoms with van der Waals surface area (Å²) in [4.78, 5) is 11.9. The maximum absolute atomic E-state index is 11.9. The lowest BCUT2D eigenvalue weighted by molar-refractivity contribution is 0.0913. The molecule has 0 aliphatic carbocycles. The first kappa shape index (κ1) is 17.2. The molecule has 124 valence electrons. The average molecular weight is 316 g/mol. The second kappa shape index (κ2) is 8.50. The van der Waals surface area contributed by atoms with Gasteiger partial charge in [0.25, 0.3) is 5.91 Å². The van der Waals surface area contributed by atoms with E-state index in [2.05, 4.69) is 35.8 Å². The van der Waals surface area contributed by atoms with Crippen molar-refractivity contribution in [3.8, 4) is 0 Å². The molecule has 2 aromatic rings. The van der Waals surface area contributed by atoms with Crippen molar-refractivity contribution < 1.29 is 14.3 Å². The highest BCUT2D eigenvalue weighted by atomic mass is 16.3. The highest BCUT2D eigenvalue weighted by molar-refractivity contribution is 5.95. The van der Waals surface area contributed by atoms with Gasteiger partial charge in [-0.05, 0) is 30.5 Å². The normalized spacial score (nSPS) is 12.1.